The summed E-state index contributed by atoms with van der Waals surface area (Å²) in [6.07, 6.45) is 1.38. The number of benzene rings is 1. The van der Waals surface area contributed by atoms with Gasteiger partial charge in [-0.2, -0.15) is 0 Å². The number of carbonyl (C=O) groups is 1. The Labute approximate surface area is 108 Å². The highest BCUT2D eigenvalue weighted by Gasteiger charge is 2.15. The molecule has 0 saturated carbocycles. The third kappa shape index (κ3) is 1.88. The maximum atomic E-state index is 12.1. The van der Waals surface area contributed by atoms with E-state index in [-0.39, 0.29) is 5.56 Å². The maximum absolute atomic E-state index is 12.1. The predicted molar refractivity (Wildman–Crippen MR) is 70.6 cm³/mol. The first-order chi connectivity index (χ1) is 8.45. The topological polar surface area (TPSA) is 59.3 Å². The molecule has 0 amide bonds. The van der Waals surface area contributed by atoms with E-state index in [9.17, 15) is 9.59 Å². The van der Waals surface area contributed by atoms with Crippen molar-refractivity contribution in [3.63, 3.8) is 0 Å². The molecule has 0 saturated heterocycles. The fraction of sp³-hybridized carbons (Fsp3) is 0.231. The molecule has 1 aromatic heterocycles. The molecule has 0 bridgehead atoms. The molecule has 1 N–H and O–H groups in total. The van der Waals surface area contributed by atoms with Gasteiger partial charge in [0.25, 0.3) is 0 Å². The van der Waals surface area contributed by atoms with E-state index in [0.717, 1.165) is 11.1 Å². The number of aromatic nitrogens is 1. The second kappa shape index (κ2) is 4.46. The number of aryl methyl sites for hydroxylation is 2. The fourth-order valence-corrected chi connectivity index (χ4v) is 2.39. The first kappa shape index (κ1) is 12.6. The van der Waals surface area contributed by atoms with Crippen LogP contribution in [0.4, 0.5) is 0 Å². The van der Waals surface area contributed by atoms with Gasteiger partial charge in [-0.1, -0.05) is 11.6 Å². The molecule has 0 unspecified atom stereocenters. The van der Waals surface area contributed by atoms with Crippen molar-refractivity contribution in [2.75, 3.05) is 0 Å². The minimum absolute atomic E-state index is 0.231. The average Bonchev–Trinajstić information content (AvgIpc) is 2.29. The Kier molecular flexibility index (Phi) is 3.13. The lowest BCUT2D eigenvalue weighted by molar-refractivity contribution is 0.0695. The zero-order chi connectivity index (χ0) is 13.4. The lowest BCUT2D eigenvalue weighted by Gasteiger charge is -2.12. The summed E-state index contributed by atoms with van der Waals surface area (Å²) < 4.78 is 1.76. The van der Waals surface area contributed by atoms with Gasteiger partial charge in [0.1, 0.15) is 5.56 Å². The number of pyridine rings is 1. The van der Waals surface area contributed by atoms with Gasteiger partial charge >= 0.3 is 5.97 Å². The predicted octanol–water partition coefficient (Wildman–Crippen LogP) is 2.68. The summed E-state index contributed by atoms with van der Waals surface area (Å²) in [5.74, 6) is -1.22. The summed E-state index contributed by atoms with van der Waals surface area (Å²) in [6.45, 7) is 4.32. The highest BCUT2D eigenvalue weighted by Crippen LogP contribution is 2.22. The normalized spacial score (nSPS) is 10.8. The van der Waals surface area contributed by atoms with Crippen molar-refractivity contribution in [2.24, 2.45) is 0 Å². The Bertz CT molecular complexity index is 703. The lowest BCUT2D eigenvalue weighted by atomic mass is 10.1. The van der Waals surface area contributed by atoms with Crippen molar-refractivity contribution >= 4 is 28.5 Å². The molecule has 0 fully saturated rings. The molecule has 1 aromatic carbocycles. The summed E-state index contributed by atoms with van der Waals surface area (Å²) in [7, 11) is 0. The van der Waals surface area contributed by atoms with Crippen molar-refractivity contribution < 1.29 is 9.90 Å². The van der Waals surface area contributed by atoms with Crippen LogP contribution in [0.15, 0.2) is 23.1 Å². The Morgan fingerprint density at radius 2 is 2.11 bits per heavy atom. The molecule has 94 valence electrons. The Hall–Kier alpha value is -1.81. The first-order valence-electron chi connectivity index (χ1n) is 5.52. The number of carboxylic acid groups (broad SMARTS) is 1. The number of hydrogen-bond donors (Lipinski definition) is 1. The van der Waals surface area contributed by atoms with Crippen LogP contribution < -0.4 is 5.43 Å². The number of aromatic carboxylic acids is 1. The monoisotopic (exact) mass is 265 g/mol. The van der Waals surface area contributed by atoms with E-state index in [1.54, 1.807) is 10.6 Å². The number of fused-ring (bicyclic) bond motifs is 1. The second-order valence-electron chi connectivity index (χ2n) is 4.08. The van der Waals surface area contributed by atoms with Crippen LogP contribution in [-0.2, 0) is 6.54 Å². The van der Waals surface area contributed by atoms with Gasteiger partial charge in [-0.25, -0.2) is 4.79 Å². The Balaban J connectivity index is 3.03. The van der Waals surface area contributed by atoms with Crippen molar-refractivity contribution in [3.05, 3.63) is 44.7 Å². The molecule has 5 heteroatoms. The smallest absolute Gasteiger partial charge is 0.341 e. The van der Waals surface area contributed by atoms with E-state index in [2.05, 4.69) is 0 Å². The zero-order valence-corrected chi connectivity index (χ0v) is 10.8. The van der Waals surface area contributed by atoms with E-state index in [1.165, 1.54) is 12.3 Å². The van der Waals surface area contributed by atoms with E-state index >= 15 is 0 Å². The maximum Gasteiger partial charge on any atom is 0.341 e. The fourth-order valence-electron chi connectivity index (χ4n) is 2.12. The van der Waals surface area contributed by atoms with Crippen LogP contribution in [-0.4, -0.2) is 15.6 Å². The molecule has 2 aromatic rings. The van der Waals surface area contributed by atoms with Gasteiger partial charge in [-0.3, -0.25) is 4.79 Å². The van der Waals surface area contributed by atoms with E-state index in [1.807, 2.05) is 13.8 Å². The van der Waals surface area contributed by atoms with Crippen LogP contribution >= 0.6 is 11.6 Å². The van der Waals surface area contributed by atoms with Gasteiger partial charge < -0.3 is 9.67 Å². The molecule has 0 spiro atoms. The number of halogens is 1. The number of carboxylic acids is 1. The van der Waals surface area contributed by atoms with E-state index in [4.69, 9.17) is 16.7 Å². The SMILES string of the molecule is CCn1cc(C(=O)O)c(=O)c2cc(Cl)cc(C)c21. The summed E-state index contributed by atoms with van der Waals surface area (Å²) in [5, 5.41) is 9.82. The lowest BCUT2D eigenvalue weighted by Crippen LogP contribution is -2.19. The van der Waals surface area contributed by atoms with Crippen LogP contribution in [0.3, 0.4) is 0 Å². The van der Waals surface area contributed by atoms with Gasteiger partial charge in [0.2, 0.25) is 5.43 Å². The minimum atomic E-state index is -1.22. The van der Waals surface area contributed by atoms with Crippen molar-refractivity contribution in [3.8, 4) is 0 Å². The third-order valence-corrected chi connectivity index (χ3v) is 3.12. The summed E-state index contributed by atoms with van der Waals surface area (Å²) in [5.41, 5.74) is 0.865. The van der Waals surface area contributed by atoms with Gasteiger partial charge in [-0.15, -0.1) is 0 Å². The quantitative estimate of drug-likeness (QED) is 0.908. The van der Waals surface area contributed by atoms with Crippen molar-refractivity contribution in [1.29, 1.82) is 0 Å². The Morgan fingerprint density at radius 1 is 1.44 bits per heavy atom. The number of rotatable bonds is 2. The van der Waals surface area contributed by atoms with Crippen LogP contribution in [0.1, 0.15) is 22.8 Å². The summed E-state index contributed by atoms with van der Waals surface area (Å²) in [4.78, 5) is 23.1. The van der Waals surface area contributed by atoms with Gasteiger partial charge in [0.05, 0.1) is 5.52 Å². The van der Waals surface area contributed by atoms with E-state index in [0.29, 0.717) is 17.0 Å². The number of nitrogens with zero attached hydrogens (tertiary/aromatic N) is 1. The van der Waals surface area contributed by atoms with E-state index < -0.39 is 11.4 Å². The molecule has 4 nitrogen and oxygen atoms in total. The molecule has 2 rings (SSSR count). The standard InChI is InChI=1S/C13H12ClNO3/c1-3-15-6-10(13(17)18)12(16)9-5-8(14)4-7(2)11(9)15/h4-6H,3H2,1-2H3,(H,17,18). The van der Waals surface area contributed by atoms with Gasteiger partial charge in [-0.05, 0) is 31.5 Å². The second-order valence-corrected chi connectivity index (χ2v) is 4.52. The molecule has 18 heavy (non-hydrogen) atoms. The molecular weight excluding hydrogens is 254 g/mol. The molecule has 0 aliphatic carbocycles. The largest absolute Gasteiger partial charge is 0.477 e. The van der Waals surface area contributed by atoms with Crippen LogP contribution in [0.2, 0.25) is 5.02 Å². The third-order valence-electron chi connectivity index (χ3n) is 2.90. The Morgan fingerprint density at radius 3 is 2.67 bits per heavy atom. The highest BCUT2D eigenvalue weighted by atomic mass is 35.5. The molecule has 0 radical (unpaired) electrons. The molecule has 0 atom stereocenters. The highest BCUT2D eigenvalue weighted by molar-refractivity contribution is 6.31. The molecule has 0 aliphatic heterocycles. The van der Waals surface area contributed by atoms with Crippen LogP contribution in [0, 0.1) is 6.92 Å². The summed E-state index contributed by atoms with van der Waals surface area (Å²) in [6, 6.07) is 3.28. The van der Waals surface area contributed by atoms with Crippen molar-refractivity contribution in [2.45, 2.75) is 20.4 Å². The van der Waals surface area contributed by atoms with Crippen LogP contribution in [0.25, 0.3) is 10.9 Å². The summed E-state index contributed by atoms with van der Waals surface area (Å²) >= 11 is 5.93. The number of hydrogen-bond acceptors (Lipinski definition) is 2. The molecular formula is C13H12ClNO3. The first-order valence-corrected chi connectivity index (χ1v) is 5.90. The van der Waals surface area contributed by atoms with Crippen molar-refractivity contribution in [1.82, 2.24) is 4.57 Å². The van der Waals surface area contributed by atoms with Crippen LogP contribution in [0.5, 0.6) is 0 Å². The molecule has 0 aliphatic rings. The van der Waals surface area contributed by atoms with Gasteiger partial charge in [0, 0.05) is 23.2 Å². The average molecular weight is 266 g/mol. The minimum Gasteiger partial charge on any atom is -0.477 e. The molecule has 1 heterocycles. The van der Waals surface area contributed by atoms with Gasteiger partial charge in [0.15, 0.2) is 0 Å². The zero-order valence-electron chi connectivity index (χ0n) is 10.0.